The van der Waals surface area contributed by atoms with Crippen molar-refractivity contribution in [1.29, 1.82) is 0 Å². The predicted octanol–water partition coefficient (Wildman–Crippen LogP) is 2.22. The minimum absolute atomic E-state index is 0.0116. The van der Waals surface area contributed by atoms with Crippen LogP contribution in [0.2, 0.25) is 0 Å². The minimum Gasteiger partial charge on any atom is -0.348 e. The van der Waals surface area contributed by atoms with Crippen LogP contribution in [0.15, 0.2) is 36.7 Å². The molecule has 6 heteroatoms. The molecule has 0 radical (unpaired) electrons. The molecule has 1 atom stereocenters. The van der Waals surface area contributed by atoms with E-state index >= 15 is 0 Å². The van der Waals surface area contributed by atoms with Crippen LogP contribution in [0.4, 0.5) is 4.39 Å². The van der Waals surface area contributed by atoms with Gasteiger partial charge in [0, 0.05) is 18.9 Å². The van der Waals surface area contributed by atoms with Gasteiger partial charge in [-0.05, 0) is 37.1 Å². The van der Waals surface area contributed by atoms with Gasteiger partial charge in [-0.2, -0.15) is 0 Å². The first-order valence-corrected chi connectivity index (χ1v) is 7.97. The number of nitrogens with one attached hydrogen (secondary N) is 2. The van der Waals surface area contributed by atoms with Gasteiger partial charge < -0.3 is 10.3 Å². The van der Waals surface area contributed by atoms with E-state index in [-0.39, 0.29) is 17.8 Å². The second kappa shape index (κ2) is 7.37. The number of piperidine rings is 1. The number of rotatable bonds is 5. The standard InChI is InChI=1S/C17H21FN4O/c18-14-5-3-4-13(10-14)12-22-9-2-1-6-15(22)17(23)21-11-16-19-7-8-20-16/h3-5,7-8,10,15H,1-2,6,9,11-12H2,(H,19,20)(H,21,23). The molecule has 5 nitrogen and oxygen atoms in total. The van der Waals surface area contributed by atoms with Gasteiger partial charge in [0.25, 0.3) is 0 Å². The van der Waals surface area contributed by atoms with Gasteiger partial charge >= 0.3 is 0 Å². The Morgan fingerprint density at radius 1 is 1.43 bits per heavy atom. The monoisotopic (exact) mass is 316 g/mol. The molecule has 2 aromatic rings. The zero-order chi connectivity index (χ0) is 16.1. The van der Waals surface area contributed by atoms with Crippen LogP contribution in [0.3, 0.4) is 0 Å². The molecular weight excluding hydrogens is 295 g/mol. The molecule has 0 bridgehead atoms. The molecule has 1 saturated heterocycles. The molecule has 1 amide bonds. The van der Waals surface area contributed by atoms with Crippen LogP contribution in [0, 0.1) is 5.82 Å². The van der Waals surface area contributed by atoms with E-state index in [1.54, 1.807) is 18.5 Å². The Morgan fingerprint density at radius 2 is 2.35 bits per heavy atom. The van der Waals surface area contributed by atoms with Crippen LogP contribution < -0.4 is 5.32 Å². The summed E-state index contributed by atoms with van der Waals surface area (Å²) in [6, 6.07) is 6.41. The van der Waals surface area contributed by atoms with Crippen molar-refractivity contribution >= 4 is 5.91 Å². The average Bonchev–Trinajstić information content (AvgIpc) is 3.07. The number of imidazole rings is 1. The van der Waals surface area contributed by atoms with Crippen LogP contribution in [-0.2, 0) is 17.9 Å². The van der Waals surface area contributed by atoms with E-state index in [1.807, 2.05) is 6.07 Å². The number of likely N-dealkylation sites (tertiary alicyclic amines) is 1. The molecule has 3 rings (SSSR count). The van der Waals surface area contributed by atoms with E-state index in [0.717, 1.165) is 37.2 Å². The summed E-state index contributed by atoms with van der Waals surface area (Å²) in [5, 5.41) is 2.93. The fraction of sp³-hybridized carbons (Fsp3) is 0.412. The topological polar surface area (TPSA) is 61.0 Å². The van der Waals surface area contributed by atoms with Gasteiger partial charge in [0.05, 0.1) is 12.6 Å². The first-order chi connectivity index (χ1) is 11.2. The normalized spacial score (nSPS) is 18.7. The maximum atomic E-state index is 13.3. The second-order valence-corrected chi connectivity index (χ2v) is 5.87. The van der Waals surface area contributed by atoms with Crippen LogP contribution in [0.1, 0.15) is 30.7 Å². The van der Waals surface area contributed by atoms with Gasteiger partial charge in [-0.1, -0.05) is 18.6 Å². The lowest BCUT2D eigenvalue weighted by molar-refractivity contribution is -0.128. The molecule has 0 saturated carbocycles. The van der Waals surface area contributed by atoms with E-state index in [0.29, 0.717) is 13.1 Å². The third-order valence-corrected chi connectivity index (χ3v) is 4.18. The van der Waals surface area contributed by atoms with E-state index in [9.17, 15) is 9.18 Å². The summed E-state index contributed by atoms with van der Waals surface area (Å²) in [5.41, 5.74) is 0.899. The SMILES string of the molecule is O=C(NCc1ncc[nH]1)C1CCCCN1Cc1cccc(F)c1. The molecule has 1 aliphatic heterocycles. The maximum Gasteiger partial charge on any atom is 0.237 e. The first-order valence-electron chi connectivity index (χ1n) is 7.97. The van der Waals surface area contributed by atoms with Gasteiger partial charge in [0.2, 0.25) is 5.91 Å². The Hall–Kier alpha value is -2.21. The molecule has 122 valence electrons. The lowest BCUT2D eigenvalue weighted by Crippen LogP contribution is -2.48. The Bertz CT molecular complexity index is 644. The highest BCUT2D eigenvalue weighted by Crippen LogP contribution is 2.20. The number of amides is 1. The zero-order valence-corrected chi connectivity index (χ0v) is 13.0. The van der Waals surface area contributed by atoms with E-state index in [2.05, 4.69) is 20.2 Å². The van der Waals surface area contributed by atoms with Crippen molar-refractivity contribution in [2.75, 3.05) is 6.54 Å². The van der Waals surface area contributed by atoms with E-state index in [1.165, 1.54) is 12.1 Å². The number of aromatic nitrogens is 2. The zero-order valence-electron chi connectivity index (χ0n) is 13.0. The fourth-order valence-corrected chi connectivity index (χ4v) is 3.03. The van der Waals surface area contributed by atoms with Crippen molar-refractivity contribution in [3.63, 3.8) is 0 Å². The largest absolute Gasteiger partial charge is 0.348 e. The van der Waals surface area contributed by atoms with Gasteiger partial charge in [0.15, 0.2) is 0 Å². The van der Waals surface area contributed by atoms with Crippen molar-refractivity contribution in [2.24, 2.45) is 0 Å². The maximum absolute atomic E-state index is 13.3. The Kier molecular flexibility index (Phi) is 5.02. The summed E-state index contributed by atoms with van der Waals surface area (Å²) in [6.07, 6.45) is 6.34. The van der Waals surface area contributed by atoms with Crippen molar-refractivity contribution < 1.29 is 9.18 Å². The second-order valence-electron chi connectivity index (χ2n) is 5.87. The summed E-state index contributed by atoms with van der Waals surface area (Å²) in [4.78, 5) is 21.7. The molecule has 23 heavy (non-hydrogen) atoms. The summed E-state index contributed by atoms with van der Waals surface area (Å²) in [6.45, 7) is 1.85. The predicted molar refractivity (Wildman–Crippen MR) is 84.9 cm³/mol. The smallest absolute Gasteiger partial charge is 0.237 e. The van der Waals surface area contributed by atoms with Crippen molar-refractivity contribution in [2.45, 2.75) is 38.4 Å². The number of H-pyrrole nitrogens is 1. The fourth-order valence-electron chi connectivity index (χ4n) is 3.03. The van der Waals surface area contributed by atoms with Gasteiger partial charge in [-0.25, -0.2) is 9.37 Å². The quantitative estimate of drug-likeness (QED) is 0.889. The Balaban J connectivity index is 1.62. The highest BCUT2D eigenvalue weighted by Gasteiger charge is 2.28. The van der Waals surface area contributed by atoms with Gasteiger partial charge in [-0.3, -0.25) is 9.69 Å². The van der Waals surface area contributed by atoms with Crippen LogP contribution in [0.5, 0.6) is 0 Å². The molecule has 2 heterocycles. The summed E-state index contributed by atoms with van der Waals surface area (Å²) in [5.74, 6) is 0.515. The molecule has 0 spiro atoms. The molecular formula is C17H21FN4O. The highest BCUT2D eigenvalue weighted by atomic mass is 19.1. The molecule has 1 aromatic carbocycles. The lowest BCUT2D eigenvalue weighted by Gasteiger charge is -2.34. The van der Waals surface area contributed by atoms with Gasteiger partial charge in [-0.15, -0.1) is 0 Å². The van der Waals surface area contributed by atoms with Crippen LogP contribution >= 0.6 is 0 Å². The minimum atomic E-state index is -0.238. The molecule has 2 N–H and O–H groups in total. The number of hydrogen-bond acceptors (Lipinski definition) is 3. The number of nitrogens with zero attached hydrogens (tertiary/aromatic N) is 2. The number of carbonyl (C=O) groups is 1. The number of halogens is 1. The summed E-state index contributed by atoms with van der Waals surface area (Å²) >= 11 is 0. The van der Waals surface area contributed by atoms with E-state index < -0.39 is 0 Å². The third kappa shape index (κ3) is 4.16. The van der Waals surface area contributed by atoms with Gasteiger partial charge in [0.1, 0.15) is 11.6 Å². The summed E-state index contributed by atoms with van der Waals surface area (Å²) < 4.78 is 13.3. The van der Waals surface area contributed by atoms with Crippen LogP contribution in [-0.4, -0.2) is 33.4 Å². The van der Waals surface area contributed by atoms with Crippen molar-refractivity contribution in [3.8, 4) is 0 Å². The Morgan fingerprint density at radius 3 is 3.13 bits per heavy atom. The summed E-state index contributed by atoms with van der Waals surface area (Å²) in [7, 11) is 0. The molecule has 1 aromatic heterocycles. The Labute approximate surface area is 134 Å². The number of benzene rings is 1. The number of carbonyl (C=O) groups excluding carboxylic acids is 1. The number of aromatic amines is 1. The third-order valence-electron chi connectivity index (χ3n) is 4.18. The average molecular weight is 316 g/mol. The molecule has 1 fully saturated rings. The molecule has 1 aliphatic rings. The number of hydrogen-bond donors (Lipinski definition) is 2. The molecule has 0 aliphatic carbocycles. The highest BCUT2D eigenvalue weighted by molar-refractivity contribution is 5.81. The lowest BCUT2D eigenvalue weighted by atomic mass is 10.0. The van der Waals surface area contributed by atoms with Crippen molar-refractivity contribution in [1.82, 2.24) is 20.2 Å². The van der Waals surface area contributed by atoms with Crippen molar-refractivity contribution in [3.05, 3.63) is 53.9 Å². The van der Waals surface area contributed by atoms with Crippen LogP contribution in [0.25, 0.3) is 0 Å². The van der Waals surface area contributed by atoms with E-state index in [4.69, 9.17) is 0 Å². The first kappa shape index (κ1) is 15.7. The molecule has 1 unspecified atom stereocenters.